The number of benzene rings is 1. The van der Waals surface area contributed by atoms with Crippen LogP contribution in [0.2, 0.25) is 0 Å². The third-order valence-corrected chi connectivity index (χ3v) is 3.83. The predicted molar refractivity (Wildman–Crippen MR) is 87.7 cm³/mol. The lowest BCUT2D eigenvalue weighted by molar-refractivity contribution is 0.0949. The van der Waals surface area contributed by atoms with Gasteiger partial charge in [-0.3, -0.25) is 4.79 Å². The van der Waals surface area contributed by atoms with Crippen LogP contribution in [0.4, 0.5) is 0 Å². The summed E-state index contributed by atoms with van der Waals surface area (Å²) in [5.41, 5.74) is -0.0347. The van der Waals surface area contributed by atoms with E-state index in [1.54, 1.807) is 18.2 Å². The highest BCUT2D eigenvalue weighted by Gasteiger charge is 2.16. The zero-order valence-electron chi connectivity index (χ0n) is 12.1. The van der Waals surface area contributed by atoms with Crippen LogP contribution >= 0.6 is 12.4 Å². The average molecular weight is 323 g/mol. The van der Waals surface area contributed by atoms with Gasteiger partial charge in [0.2, 0.25) is 0 Å². The summed E-state index contributed by atoms with van der Waals surface area (Å²) in [6.07, 6.45) is 3.21. The molecule has 0 radical (unpaired) electrons. The van der Waals surface area contributed by atoms with Gasteiger partial charge in [-0.2, -0.15) is 0 Å². The van der Waals surface area contributed by atoms with Crippen LogP contribution in [0.25, 0.3) is 11.0 Å². The minimum absolute atomic E-state index is 0. The van der Waals surface area contributed by atoms with Gasteiger partial charge in [-0.25, -0.2) is 4.79 Å². The Morgan fingerprint density at radius 1 is 1.36 bits per heavy atom. The summed E-state index contributed by atoms with van der Waals surface area (Å²) >= 11 is 0. The standard InChI is InChI=1S/C16H18N2O3.ClH/c19-15(18-9-7-12-5-3-8-17-12)13-10-11-4-1-2-6-14(11)21-16(13)20;/h1-2,4,6,10,12,17H,3,5,7-9H2,(H,18,19);1H/t12-;/m1./s1. The van der Waals surface area contributed by atoms with E-state index in [0.29, 0.717) is 18.2 Å². The van der Waals surface area contributed by atoms with Gasteiger partial charge in [-0.15, -0.1) is 12.4 Å². The summed E-state index contributed by atoms with van der Waals surface area (Å²) in [6, 6.07) is 9.22. The van der Waals surface area contributed by atoms with Crippen molar-refractivity contribution in [1.29, 1.82) is 0 Å². The third-order valence-electron chi connectivity index (χ3n) is 3.83. The normalized spacial score (nSPS) is 17.2. The minimum Gasteiger partial charge on any atom is -0.422 e. The largest absolute Gasteiger partial charge is 0.422 e. The number of carbonyl (C=O) groups is 1. The van der Waals surface area contributed by atoms with Crippen LogP contribution in [0, 0.1) is 0 Å². The Hall–Kier alpha value is -1.85. The van der Waals surface area contributed by atoms with Gasteiger partial charge < -0.3 is 15.1 Å². The van der Waals surface area contributed by atoms with E-state index in [0.717, 1.165) is 24.8 Å². The van der Waals surface area contributed by atoms with Crippen LogP contribution in [0.15, 0.2) is 39.5 Å². The Morgan fingerprint density at radius 2 is 2.18 bits per heavy atom. The maximum Gasteiger partial charge on any atom is 0.349 e. The van der Waals surface area contributed by atoms with E-state index in [9.17, 15) is 9.59 Å². The Kier molecular flexibility index (Phi) is 5.57. The van der Waals surface area contributed by atoms with Crippen LogP contribution in [0.1, 0.15) is 29.6 Å². The van der Waals surface area contributed by atoms with E-state index in [1.807, 2.05) is 12.1 Å². The number of hydrogen-bond donors (Lipinski definition) is 2. The molecule has 5 nitrogen and oxygen atoms in total. The van der Waals surface area contributed by atoms with Crippen molar-refractivity contribution in [2.75, 3.05) is 13.1 Å². The first kappa shape index (κ1) is 16.5. The van der Waals surface area contributed by atoms with Crippen LogP contribution < -0.4 is 16.3 Å². The van der Waals surface area contributed by atoms with Crippen LogP contribution in [-0.4, -0.2) is 25.0 Å². The maximum atomic E-state index is 12.1. The fourth-order valence-electron chi connectivity index (χ4n) is 2.68. The van der Waals surface area contributed by atoms with Crippen molar-refractivity contribution in [3.05, 3.63) is 46.3 Å². The van der Waals surface area contributed by atoms with E-state index < -0.39 is 5.63 Å². The van der Waals surface area contributed by atoms with Gasteiger partial charge in [0.05, 0.1) is 0 Å². The highest BCUT2D eigenvalue weighted by atomic mass is 35.5. The van der Waals surface area contributed by atoms with Gasteiger partial charge in [0.1, 0.15) is 11.1 Å². The smallest absolute Gasteiger partial charge is 0.349 e. The molecule has 1 aromatic carbocycles. The topological polar surface area (TPSA) is 71.3 Å². The van der Waals surface area contributed by atoms with Crippen LogP contribution in [0.5, 0.6) is 0 Å². The van der Waals surface area contributed by atoms with Gasteiger partial charge in [-0.1, -0.05) is 18.2 Å². The molecule has 0 saturated carbocycles. The van der Waals surface area contributed by atoms with Gasteiger partial charge >= 0.3 is 5.63 Å². The van der Waals surface area contributed by atoms with Crippen molar-refractivity contribution in [2.45, 2.75) is 25.3 Å². The summed E-state index contributed by atoms with van der Waals surface area (Å²) < 4.78 is 5.16. The van der Waals surface area contributed by atoms with Crippen molar-refractivity contribution >= 4 is 29.3 Å². The molecular weight excluding hydrogens is 304 g/mol. The molecule has 1 aliphatic heterocycles. The lowest BCUT2D eigenvalue weighted by atomic mass is 10.1. The molecule has 2 heterocycles. The van der Waals surface area contributed by atoms with Gasteiger partial charge in [0.25, 0.3) is 5.91 Å². The quantitative estimate of drug-likeness (QED) is 0.846. The predicted octanol–water partition coefficient (Wildman–Crippen LogP) is 2.09. The fraction of sp³-hybridized carbons (Fsp3) is 0.375. The number of fused-ring (bicyclic) bond motifs is 1. The SMILES string of the molecule is Cl.O=C(NCC[C@H]1CCCN1)c1cc2ccccc2oc1=O. The maximum absolute atomic E-state index is 12.1. The highest BCUT2D eigenvalue weighted by molar-refractivity contribution is 5.96. The molecule has 1 aromatic heterocycles. The Morgan fingerprint density at radius 3 is 2.95 bits per heavy atom. The third kappa shape index (κ3) is 3.67. The highest BCUT2D eigenvalue weighted by Crippen LogP contribution is 2.12. The zero-order valence-corrected chi connectivity index (χ0v) is 12.9. The minimum atomic E-state index is -0.592. The first-order chi connectivity index (χ1) is 10.2. The van der Waals surface area contributed by atoms with E-state index in [-0.39, 0.29) is 23.9 Å². The summed E-state index contributed by atoms with van der Waals surface area (Å²) in [7, 11) is 0. The summed E-state index contributed by atoms with van der Waals surface area (Å²) in [5, 5.41) is 6.92. The first-order valence-corrected chi connectivity index (χ1v) is 7.28. The van der Waals surface area contributed by atoms with Crippen molar-refractivity contribution in [2.24, 2.45) is 0 Å². The molecule has 0 spiro atoms. The number of halogens is 1. The second-order valence-corrected chi connectivity index (χ2v) is 5.32. The van der Waals surface area contributed by atoms with Crippen molar-refractivity contribution in [3.8, 4) is 0 Å². The molecule has 0 unspecified atom stereocenters. The number of nitrogens with one attached hydrogen (secondary N) is 2. The fourth-order valence-corrected chi connectivity index (χ4v) is 2.68. The molecule has 1 atom stereocenters. The van der Waals surface area contributed by atoms with Crippen molar-refractivity contribution in [1.82, 2.24) is 10.6 Å². The molecule has 0 aliphatic carbocycles. The van der Waals surface area contributed by atoms with Crippen molar-refractivity contribution in [3.63, 3.8) is 0 Å². The second kappa shape index (κ2) is 7.42. The number of carbonyl (C=O) groups excluding carboxylic acids is 1. The van der Waals surface area contributed by atoms with Crippen LogP contribution in [0.3, 0.4) is 0 Å². The summed E-state index contributed by atoms with van der Waals surface area (Å²) in [6.45, 7) is 1.61. The van der Waals surface area contributed by atoms with E-state index >= 15 is 0 Å². The molecule has 1 fully saturated rings. The first-order valence-electron chi connectivity index (χ1n) is 7.28. The molecule has 2 N–H and O–H groups in total. The van der Waals surface area contributed by atoms with E-state index in [1.165, 1.54) is 6.42 Å². The average Bonchev–Trinajstić information content (AvgIpc) is 2.99. The molecule has 0 bridgehead atoms. The summed E-state index contributed by atoms with van der Waals surface area (Å²) in [5.74, 6) is -0.368. The van der Waals surface area contributed by atoms with E-state index in [4.69, 9.17) is 4.42 Å². The number of para-hydroxylation sites is 1. The molecule has 3 rings (SSSR count). The van der Waals surface area contributed by atoms with Gasteiger partial charge in [-0.05, 0) is 37.9 Å². The van der Waals surface area contributed by atoms with Gasteiger partial charge in [0, 0.05) is 18.0 Å². The Bertz CT molecular complexity index is 708. The zero-order chi connectivity index (χ0) is 14.7. The molecule has 1 aliphatic rings. The van der Waals surface area contributed by atoms with Gasteiger partial charge in [0.15, 0.2) is 0 Å². The molecule has 22 heavy (non-hydrogen) atoms. The summed E-state index contributed by atoms with van der Waals surface area (Å²) in [4.78, 5) is 23.9. The van der Waals surface area contributed by atoms with E-state index in [2.05, 4.69) is 10.6 Å². The molecule has 1 amide bonds. The number of amides is 1. The lowest BCUT2D eigenvalue weighted by Crippen LogP contribution is -2.32. The van der Waals surface area contributed by atoms with Crippen molar-refractivity contribution < 1.29 is 9.21 Å². The number of rotatable bonds is 4. The molecule has 2 aromatic rings. The Labute approximate surface area is 134 Å². The molecular formula is C16H19ClN2O3. The lowest BCUT2D eigenvalue weighted by Gasteiger charge is -2.10. The molecule has 6 heteroatoms. The number of hydrogen-bond acceptors (Lipinski definition) is 4. The monoisotopic (exact) mass is 322 g/mol. The Balaban J connectivity index is 0.00000176. The second-order valence-electron chi connectivity index (χ2n) is 5.32. The molecule has 118 valence electrons. The molecule has 1 saturated heterocycles. The van der Waals surface area contributed by atoms with Crippen LogP contribution in [-0.2, 0) is 0 Å².